The summed E-state index contributed by atoms with van der Waals surface area (Å²) in [5, 5.41) is 0. The van der Waals surface area contributed by atoms with Gasteiger partial charge in [0.15, 0.2) is 5.69 Å². The van der Waals surface area contributed by atoms with Gasteiger partial charge in [-0.2, -0.15) is 13.2 Å². The van der Waals surface area contributed by atoms with Crippen LogP contribution >= 0.6 is 0 Å². The predicted octanol–water partition coefficient (Wildman–Crippen LogP) is 1.89. The van der Waals surface area contributed by atoms with E-state index in [1.54, 1.807) is 6.92 Å². The van der Waals surface area contributed by atoms with Crippen molar-refractivity contribution >= 4 is 0 Å². The molecule has 11 heteroatoms. The van der Waals surface area contributed by atoms with Crippen molar-refractivity contribution in [3.63, 3.8) is 0 Å². The van der Waals surface area contributed by atoms with Crippen LogP contribution in [0.4, 0.5) is 22.0 Å². The lowest BCUT2D eigenvalue weighted by Gasteiger charge is -2.16. The Labute approximate surface area is 132 Å². The lowest BCUT2D eigenvalue weighted by Crippen LogP contribution is -2.33. The van der Waals surface area contributed by atoms with Gasteiger partial charge in [-0.25, -0.2) is 23.7 Å². The van der Waals surface area contributed by atoms with Crippen molar-refractivity contribution < 1.29 is 26.7 Å². The number of hydrogen-bond donors (Lipinski definition) is 0. The molecule has 0 aromatic carbocycles. The molecule has 130 valence electrons. The van der Waals surface area contributed by atoms with E-state index in [9.17, 15) is 26.7 Å². The Kier molecular flexibility index (Phi) is 4.81. The molecule has 0 amide bonds. The van der Waals surface area contributed by atoms with Crippen molar-refractivity contribution in [3.8, 4) is 5.88 Å². The molecular weight excluding hydrogens is 339 g/mol. The minimum absolute atomic E-state index is 0.0943. The van der Waals surface area contributed by atoms with E-state index in [1.807, 2.05) is 0 Å². The largest absolute Gasteiger partial charge is 0.481 e. The summed E-state index contributed by atoms with van der Waals surface area (Å²) in [6, 6.07) is 0. The topological polar surface area (TPSA) is 69.9 Å². The van der Waals surface area contributed by atoms with Gasteiger partial charge in [0.2, 0.25) is 11.7 Å². The second-order valence-electron chi connectivity index (χ2n) is 4.71. The van der Waals surface area contributed by atoms with Crippen LogP contribution in [0.3, 0.4) is 0 Å². The third-order valence-corrected chi connectivity index (χ3v) is 3.22. The molecule has 0 aliphatic heterocycles. The second kappa shape index (κ2) is 6.49. The van der Waals surface area contributed by atoms with Crippen LogP contribution in [0.1, 0.15) is 17.0 Å². The highest BCUT2D eigenvalue weighted by atomic mass is 19.3. The van der Waals surface area contributed by atoms with Crippen LogP contribution in [0.5, 0.6) is 5.88 Å². The molecule has 24 heavy (non-hydrogen) atoms. The van der Waals surface area contributed by atoms with Crippen molar-refractivity contribution in [1.82, 2.24) is 19.5 Å². The Balaban J connectivity index is 2.49. The first-order valence-corrected chi connectivity index (χ1v) is 6.46. The van der Waals surface area contributed by atoms with E-state index in [0.29, 0.717) is 16.6 Å². The molecule has 0 aliphatic carbocycles. The average Bonchev–Trinajstić information content (AvgIpc) is 2.53. The summed E-state index contributed by atoms with van der Waals surface area (Å²) >= 11 is 0. The van der Waals surface area contributed by atoms with Crippen LogP contribution in [0.2, 0.25) is 0 Å². The van der Waals surface area contributed by atoms with Gasteiger partial charge in [-0.3, -0.25) is 9.36 Å². The van der Waals surface area contributed by atoms with Gasteiger partial charge >= 0.3 is 12.3 Å². The number of halogens is 5. The van der Waals surface area contributed by atoms with E-state index < -0.39 is 29.4 Å². The molecule has 0 bridgehead atoms. The fraction of sp³-hybridized carbons (Fsp3) is 0.385. The quantitative estimate of drug-likeness (QED) is 0.771. The van der Waals surface area contributed by atoms with Gasteiger partial charge in [-0.15, -0.1) is 0 Å². The second-order valence-corrected chi connectivity index (χ2v) is 4.71. The number of ether oxygens (including phenoxy) is 1. The van der Waals surface area contributed by atoms with Gasteiger partial charge in [0, 0.05) is 5.69 Å². The Hall–Kier alpha value is -2.59. The van der Waals surface area contributed by atoms with Crippen LogP contribution in [-0.2, 0) is 12.5 Å². The zero-order chi connectivity index (χ0) is 18.1. The van der Waals surface area contributed by atoms with Gasteiger partial charge in [0.1, 0.15) is 6.33 Å². The van der Waals surface area contributed by atoms with Gasteiger partial charge in [-0.1, -0.05) is 0 Å². The van der Waals surface area contributed by atoms with Crippen molar-refractivity contribution in [2.24, 2.45) is 0 Å². The van der Waals surface area contributed by atoms with Crippen molar-refractivity contribution in [3.05, 3.63) is 45.8 Å². The molecule has 0 unspecified atom stereocenters. The number of nitrogens with zero attached hydrogens (tertiary/aromatic N) is 4. The molecule has 0 aliphatic rings. The predicted molar refractivity (Wildman–Crippen MR) is 70.8 cm³/mol. The van der Waals surface area contributed by atoms with Gasteiger partial charge in [0.25, 0.3) is 5.56 Å². The SMILES string of the molecule is COc1ncnc(C)c1Cn1cnc(C(F)(F)C(F)F)c(F)c1=O. The molecule has 2 heterocycles. The van der Waals surface area contributed by atoms with E-state index >= 15 is 0 Å². The number of aryl methyl sites for hydroxylation is 1. The highest BCUT2D eigenvalue weighted by Gasteiger charge is 2.47. The zero-order valence-corrected chi connectivity index (χ0v) is 12.4. The summed E-state index contributed by atoms with van der Waals surface area (Å²) in [5.74, 6) is -6.82. The molecule has 0 saturated heterocycles. The van der Waals surface area contributed by atoms with Crippen LogP contribution < -0.4 is 10.3 Å². The molecule has 0 spiro atoms. The third kappa shape index (κ3) is 3.05. The van der Waals surface area contributed by atoms with E-state index in [1.165, 1.54) is 13.4 Å². The first-order chi connectivity index (χ1) is 11.2. The molecule has 2 aromatic rings. The third-order valence-electron chi connectivity index (χ3n) is 3.22. The van der Waals surface area contributed by atoms with Crippen LogP contribution in [-0.4, -0.2) is 33.1 Å². The monoisotopic (exact) mass is 350 g/mol. The minimum atomic E-state index is -4.87. The molecule has 0 atom stereocenters. The summed E-state index contributed by atoms with van der Waals surface area (Å²) < 4.78 is 70.5. The summed E-state index contributed by atoms with van der Waals surface area (Å²) in [6.45, 7) is 1.23. The number of aromatic nitrogens is 4. The molecule has 0 saturated carbocycles. The Morgan fingerprint density at radius 3 is 2.54 bits per heavy atom. The fourth-order valence-electron chi connectivity index (χ4n) is 1.92. The number of hydrogen-bond acceptors (Lipinski definition) is 5. The summed E-state index contributed by atoms with van der Waals surface area (Å²) in [4.78, 5) is 22.5. The van der Waals surface area contributed by atoms with Crippen molar-refractivity contribution in [2.75, 3.05) is 7.11 Å². The molecule has 0 radical (unpaired) electrons. The maximum absolute atomic E-state index is 13.8. The highest BCUT2D eigenvalue weighted by Crippen LogP contribution is 2.33. The summed E-state index contributed by atoms with van der Waals surface area (Å²) in [7, 11) is 1.30. The number of alkyl halides is 4. The highest BCUT2D eigenvalue weighted by molar-refractivity contribution is 5.29. The van der Waals surface area contributed by atoms with Gasteiger partial charge in [0.05, 0.1) is 25.5 Å². The average molecular weight is 350 g/mol. The van der Waals surface area contributed by atoms with E-state index in [4.69, 9.17) is 4.74 Å². The normalized spacial score (nSPS) is 11.8. The Morgan fingerprint density at radius 1 is 1.29 bits per heavy atom. The van der Waals surface area contributed by atoms with Crippen molar-refractivity contribution in [2.45, 2.75) is 25.8 Å². The minimum Gasteiger partial charge on any atom is -0.481 e. The smallest absolute Gasteiger partial charge is 0.352 e. The van der Waals surface area contributed by atoms with E-state index in [2.05, 4.69) is 15.0 Å². The molecule has 2 aromatic heterocycles. The Morgan fingerprint density at radius 2 is 1.96 bits per heavy atom. The Bertz CT molecular complexity index is 809. The summed E-state index contributed by atoms with van der Waals surface area (Å²) in [5.41, 5.74) is -2.73. The standard InChI is InChI=1S/C13H11F5N4O2/c1-6-7(10(24-2)20-4-19-6)3-22-5-21-9(8(14)11(22)23)13(17,18)12(15)16/h4-5,12H,3H2,1-2H3. The first kappa shape index (κ1) is 17.8. The molecule has 0 fully saturated rings. The molecule has 6 nitrogen and oxygen atoms in total. The van der Waals surface area contributed by atoms with Gasteiger partial charge < -0.3 is 4.74 Å². The number of methoxy groups -OCH3 is 1. The van der Waals surface area contributed by atoms with Crippen molar-refractivity contribution in [1.29, 1.82) is 0 Å². The summed E-state index contributed by atoms with van der Waals surface area (Å²) in [6.07, 6.45) is -2.44. The molecule has 2 rings (SSSR count). The molecule has 0 N–H and O–H groups in total. The fourth-order valence-corrected chi connectivity index (χ4v) is 1.92. The first-order valence-electron chi connectivity index (χ1n) is 6.46. The maximum atomic E-state index is 13.8. The van der Waals surface area contributed by atoms with E-state index in [0.717, 1.165) is 0 Å². The molecular formula is C13H11F5N4O2. The van der Waals surface area contributed by atoms with Crippen LogP contribution in [0.25, 0.3) is 0 Å². The maximum Gasteiger partial charge on any atom is 0.352 e. The number of rotatable bonds is 5. The zero-order valence-electron chi connectivity index (χ0n) is 12.4. The van der Waals surface area contributed by atoms with Gasteiger partial charge in [-0.05, 0) is 6.92 Å². The van der Waals surface area contributed by atoms with Crippen LogP contribution in [0.15, 0.2) is 17.4 Å². The van der Waals surface area contributed by atoms with Crippen LogP contribution in [0, 0.1) is 12.7 Å². The lowest BCUT2D eigenvalue weighted by atomic mass is 10.2. The van der Waals surface area contributed by atoms with E-state index in [-0.39, 0.29) is 18.0 Å². The lowest BCUT2D eigenvalue weighted by molar-refractivity contribution is -0.140.